The number of amides is 1. The summed E-state index contributed by atoms with van der Waals surface area (Å²) >= 11 is 0. The van der Waals surface area contributed by atoms with Crippen molar-refractivity contribution in [3.8, 4) is 5.75 Å². The van der Waals surface area contributed by atoms with Gasteiger partial charge in [0.05, 0.1) is 5.56 Å². The zero-order valence-corrected chi connectivity index (χ0v) is 10.7. The lowest BCUT2D eigenvalue weighted by atomic mass is 10.1. The Bertz CT molecular complexity index is 495. The normalized spacial score (nSPS) is 13.1. The summed E-state index contributed by atoms with van der Waals surface area (Å²) in [4.78, 5) is 11.9. The Morgan fingerprint density at radius 3 is 2.75 bits per heavy atom. The van der Waals surface area contributed by atoms with Crippen LogP contribution in [0.25, 0.3) is 0 Å². The largest absolute Gasteiger partial charge is 0.434 e. The third-order valence-electron chi connectivity index (χ3n) is 2.54. The van der Waals surface area contributed by atoms with E-state index in [-0.39, 0.29) is 23.7 Å². The number of ether oxygens (including phenoxy) is 1. The average Bonchev–Trinajstić information content (AvgIpc) is 2.43. The van der Waals surface area contributed by atoms with Crippen molar-refractivity contribution in [2.75, 3.05) is 6.54 Å². The summed E-state index contributed by atoms with van der Waals surface area (Å²) in [6.07, 6.45) is 0. The molecule has 8 heteroatoms. The van der Waals surface area contributed by atoms with E-state index < -0.39 is 18.4 Å². The van der Waals surface area contributed by atoms with Crippen LogP contribution in [0.1, 0.15) is 17.3 Å². The molecule has 1 aromatic carbocycles. The first-order chi connectivity index (χ1) is 9.45. The standard InChI is InChI=1S/C12H15F2N3O3/c1-7(10(15)17-19)6-16-11(18)8-4-2-3-5-9(8)20-12(13)14/h2-5,7,12,19H,6H2,1H3,(H2,15,17)(H,16,18). The number of hydrogen-bond donors (Lipinski definition) is 3. The fourth-order valence-corrected chi connectivity index (χ4v) is 1.40. The Kier molecular flexibility index (Phi) is 5.70. The number of para-hydroxylation sites is 1. The highest BCUT2D eigenvalue weighted by molar-refractivity contribution is 5.97. The second-order valence-corrected chi connectivity index (χ2v) is 4.01. The van der Waals surface area contributed by atoms with Gasteiger partial charge in [0.15, 0.2) is 0 Å². The van der Waals surface area contributed by atoms with Crippen LogP contribution < -0.4 is 15.8 Å². The number of halogens is 2. The molecule has 20 heavy (non-hydrogen) atoms. The quantitative estimate of drug-likeness (QED) is 0.319. The molecule has 0 spiro atoms. The molecule has 0 saturated heterocycles. The predicted octanol–water partition coefficient (Wildman–Crippen LogP) is 1.40. The average molecular weight is 287 g/mol. The van der Waals surface area contributed by atoms with Crippen molar-refractivity contribution in [1.82, 2.24) is 5.32 Å². The number of nitrogens with one attached hydrogen (secondary N) is 1. The third-order valence-corrected chi connectivity index (χ3v) is 2.54. The minimum atomic E-state index is -3.01. The van der Waals surface area contributed by atoms with E-state index in [1.165, 1.54) is 24.3 Å². The van der Waals surface area contributed by atoms with Gasteiger partial charge in [0.1, 0.15) is 11.6 Å². The molecule has 0 saturated carbocycles. The van der Waals surface area contributed by atoms with Gasteiger partial charge >= 0.3 is 6.61 Å². The highest BCUT2D eigenvalue weighted by Crippen LogP contribution is 2.20. The maximum atomic E-state index is 12.2. The molecule has 1 amide bonds. The summed E-state index contributed by atoms with van der Waals surface area (Å²) in [6.45, 7) is -1.28. The number of hydrogen-bond acceptors (Lipinski definition) is 4. The van der Waals surface area contributed by atoms with E-state index >= 15 is 0 Å². The molecule has 110 valence electrons. The molecule has 0 radical (unpaired) electrons. The lowest BCUT2D eigenvalue weighted by Crippen LogP contribution is -2.34. The van der Waals surface area contributed by atoms with Crippen molar-refractivity contribution >= 4 is 11.7 Å². The maximum absolute atomic E-state index is 12.2. The maximum Gasteiger partial charge on any atom is 0.387 e. The van der Waals surface area contributed by atoms with Crippen LogP contribution in [0, 0.1) is 5.92 Å². The monoisotopic (exact) mass is 287 g/mol. The van der Waals surface area contributed by atoms with Crippen molar-refractivity contribution in [1.29, 1.82) is 0 Å². The Labute approximate surface area is 114 Å². The van der Waals surface area contributed by atoms with E-state index in [1.54, 1.807) is 6.92 Å². The summed E-state index contributed by atoms with van der Waals surface area (Å²) in [7, 11) is 0. The fraction of sp³-hybridized carbons (Fsp3) is 0.333. The van der Waals surface area contributed by atoms with Crippen molar-refractivity contribution in [2.45, 2.75) is 13.5 Å². The molecule has 0 bridgehead atoms. The van der Waals surface area contributed by atoms with Gasteiger partial charge in [-0.05, 0) is 12.1 Å². The van der Waals surface area contributed by atoms with Gasteiger partial charge in [-0.2, -0.15) is 8.78 Å². The third kappa shape index (κ3) is 4.38. The Balaban J connectivity index is 2.73. The molecule has 1 unspecified atom stereocenters. The molecular formula is C12H15F2N3O3. The summed E-state index contributed by atoms with van der Waals surface area (Å²) < 4.78 is 28.7. The molecule has 0 aliphatic rings. The lowest BCUT2D eigenvalue weighted by Gasteiger charge is -2.13. The molecule has 0 fully saturated rings. The minimum Gasteiger partial charge on any atom is -0.434 e. The van der Waals surface area contributed by atoms with Crippen molar-refractivity contribution < 1.29 is 23.5 Å². The molecule has 1 aromatic rings. The molecule has 0 aliphatic heterocycles. The smallest absolute Gasteiger partial charge is 0.387 e. The van der Waals surface area contributed by atoms with Crippen molar-refractivity contribution in [2.24, 2.45) is 16.8 Å². The highest BCUT2D eigenvalue weighted by Gasteiger charge is 2.16. The van der Waals surface area contributed by atoms with E-state index in [0.29, 0.717) is 0 Å². The van der Waals surface area contributed by atoms with E-state index in [9.17, 15) is 13.6 Å². The van der Waals surface area contributed by atoms with Crippen LogP contribution in [-0.2, 0) is 0 Å². The van der Waals surface area contributed by atoms with Crippen LogP contribution in [0.3, 0.4) is 0 Å². The summed E-state index contributed by atoms with van der Waals surface area (Å²) in [6, 6.07) is 5.64. The number of nitrogens with two attached hydrogens (primary N) is 1. The van der Waals surface area contributed by atoms with E-state index in [2.05, 4.69) is 15.2 Å². The molecule has 4 N–H and O–H groups in total. The van der Waals surface area contributed by atoms with Gasteiger partial charge < -0.3 is 21.0 Å². The van der Waals surface area contributed by atoms with Crippen LogP contribution in [0.2, 0.25) is 0 Å². The first-order valence-corrected chi connectivity index (χ1v) is 5.75. The van der Waals surface area contributed by atoms with Gasteiger partial charge in [0.2, 0.25) is 0 Å². The predicted molar refractivity (Wildman–Crippen MR) is 68.0 cm³/mol. The Morgan fingerprint density at radius 2 is 2.15 bits per heavy atom. The number of carbonyl (C=O) groups excluding carboxylic acids is 1. The first kappa shape index (κ1) is 15.7. The molecule has 0 aliphatic carbocycles. The number of nitrogens with zero attached hydrogens (tertiary/aromatic N) is 1. The van der Waals surface area contributed by atoms with E-state index in [4.69, 9.17) is 10.9 Å². The van der Waals surface area contributed by atoms with Gasteiger partial charge in [-0.3, -0.25) is 4.79 Å². The minimum absolute atomic E-state index is 0.0143. The summed E-state index contributed by atoms with van der Waals surface area (Å²) in [5.74, 6) is -1.23. The SMILES string of the molecule is CC(CNC(=O)c1ccccc1OC(F)F)C(N)=NO. The van der Waals surface area contributed by atoms with Gasteiger partial charge in [-0.15, -0.1) is 0 Å². The van der Waals surface area contributed by atoms with Crippen LogP contribution in [0.15, 0.2) is 29.4 Å². The molecule has 1 atom stereocenters. The zero-order chi connectivity index (χ0) is 15.1. The zero-order valence-electron chi connectivity index (χ0n) is 10.7. The van der Waals surface area contributed by atoms with E-state index in [0.717, 1.165) is 0 Å². The molecule has 1 rings (SSSR count). The molecule has 0 heterocycles. The van der Waals surface area contributed by atoms with Crippen LogP contribution >= 0.6 is 0 Å². The second-order valence-electron chi connectivity index (χ2n) is 4.01. The number of rotatable bonds is 6. The lowest BCUT2D eigenvalue weighted by molar-refractivity contribution is -0.0501. The second kappa shape index (κ2) is 7.27. The van der Waals surface area contributed by atoms with Gasteiger partial charge in [-0.25, -0.2) is 0 Å². The number of benzene rings is 1. The summed E-state index contributed by atoms with van der Waals surface area (Å²) in [5.41, 5.74) is 5.35. The number of amidine groups is 1. The molecule has 0 aromatic heterocycles. The number of oxime groups is 1. The van der Waals surface area contributed by atoms with Gasteiger partial charge in [0, 0.05) is 12.5 Å². The molecule has 6 nitrogen and oxygen atoms in total. The van der Waals surface area contributed by atoms with Crippen LogP contribution in [-0.4, -0.2) is 30.1 Å². The molecular weight excluding hydrogens is 272 g/mol. The van der Waals surface area contributed by atoms with Gasteiger partial charge in [0.25, 0.3) is 5.91 Å². The van der Waals surface area contributed by atoms with E-state index in [1.807, 2.05) is 0 Å². The Morgan fingerprint density at radius 1 is 1.50 bits per heavy atom. The Hall–Kier alpha value is -2.38. The number of alkyl halides is 2. The fourth-order valence-electron chi connectivity index (χ4n) is 1.40. The topological polar surface area (TPSA) is 96.9 Å². The number of carbonyl (C=O) groups is 1. The van der Waals surface area contributed by atoms with Crippen LogP contribution in [0.4, 0.5) is 8.78 Å². The van der Waals surface area contributed by atoms with Crippen LogP contribution in [0.5, 0.6) is 5.75 Å². The van der Waals surface area contributed by atoms with Gasteiger partial charge in [-0.1, -0.05) is 24.2 Å². The van der Waals surface area contributed by atoms with Crippen molar-refractivity contribution in [3.63, 3.8) is 0 Å². The first-order valence-electron chi connectivity index (χ1n) is 5.75. The summed E-state index contributed by atoms with van der Waals surface area (Å²) in [5, 5.41) is 13.8. The highest BCUT2D eigenvalue weighted by atomic mass is 19.3. The van der Waals surface area contributed by atoms with Crippen molar-refractivity contribution in [3.05, 3.63) is 29.8 Å².